The van der Waals surface area contributed by atoms with Gasteiger partial charge in [0.1, 0.15) is 0 Å². The molecule has 0 spiro atoms. The van der Waals surface area contributed by atoms with Crippen LogP contribution < -0.4 is 0 Å². The van der Waals surface area contributed by atoms with Gasteiger partial charge in [0.25, 0.3) is 5.91 Å². The van der Waals surface area contributed by atoms with Gasteiger partial charge in [0, 0.05) is 38.3 Å². The predicted molar refractivity (Wildman–Crippen MR) is 87.2 cm³/mol. The lowest BCUT2D eigenvalue weighted by molar-refractivity contribution is 0.0764. The van der Waals surface area contributed by atoms with Gasteiger partial charge in [0.15, 0.2) is 0 Å². The summed E-state index contributed by atoms with van der Waals surface area (Å²) in [6.45, 7) is 8.76. The Labute approximate surface area is 133 Å². The Hall–Kier alpha value is -1.39. The van der Waals surface area contributed by atoms with Crippen LogP contribution in [0, 0.1) is 19.8 Å². The van der Waals surface area contributed by atoms with E-state index < -0.39 is 0 Å². The van der Waals surface area contributed by atoms with E-state index in [1.807, 2.05) is 17.0 Å². The van der Waals surface area contributed by atoms with Crippen LogP contribution in [0.15, 0.2) is 18.2 Å². The molecule has 0 unspecified atom stereocenters. The second kappa shape index (κ2) is 6.39. The Balaban J connectivity index is 1.68. The summed E-state index contributed by atoms with van der Waals surface area (Å²) in [6, 6.07) is 6.64. The lowest BCUT2D eigenvalue weighted by Crippen LogP contribution is -2.38. The third-order valence-electron chi connectivity index (χ3n) is 5.00. The zero-order chi connectivity index (χ0) is 15.7. The van der Waals surface area contributed by atoms with Crippen LogP contribution in [0.2, 0.25) is 0 Å². The molecule has 2 aliphatic heterocycles. The average Bonchev–Trinajstić information content (AvgIpc) is 3.04. The summed E-state index contributed by atoms with van der Waals surface area (Å²) in [4.78, 5) is 17.3. The van der Waals surface area contributed by atoms with Crippen molar-refractivity contribution in [1.29, 1.82) is 0 Å². The number of nitrogens with zero attached hydrogens (tertiary/aromatic N) is 2. The molecule has 2 atom stereocenters. The van der Waals surface area contributed by atoms with E-state index in [0.29, 0.717) is 12.0 Å². The van der Waals surface area contributed by atoms with E-state index >= 15 is 0 Å². The minimum Gasteiger partial charge on any atom is -0.383 e. The van der Waals surface area contributed by atoms with Crippen molar-refractivity contribution in [2.75, 3.05) is 39.9 Å². The minimum atomic E-state index is 0.188. The van der Waals surface area contributed by atoms with Crippen molar-refractivity contribution < 1.29 is 9.53 Å². The number of benzene rings is 1. The van der Waals surface area contributed by atoms with Crippen molar-refractivity contribution in [3.05, 3.63) is 34.9 Å². The number of aryl methyl sites for hydroxylation is 2. The Morgan fingerprint density at radius 1 is 1.23 bits per heavy atom. The molecular weight excluding hydrogens is 276 g/mol. The van der Waals surface area contributed by atoms with Gasteiger partial charge in [-0.3, -0.25) is 9.69 Å². The van der Waals surface area contributed by atoms with Crippen LogP contribution in [0.4, 0.5) is 0 Å². The SMILES string of the molecule is COCCN1CC[C@@H]2CN(C(=O)c3cc(C)cc(C)c3)C[C@@H]21. The van der Waals surface area contributed by atoms with Crippen molar-refractivity contribution in [2.45, 2.75) is 26.3 Å². The molecule has 2 saturated heterocycles. The molecule has 0 aromatic heterocycles. The van der Waals surface area contributed by atoms with E-state index in [0.717, 1.165) is 49.5 Å². The van der Waals surface area contributed by atoms with E-state index in [4.69, 9.17) is 4.74 Å². The number of carbonyl (C=O) groups excluding carboxylic acids is 1. The molecule has 1 amide bonds. The molecule has 1 aromatic carbocycles. The molecule has 0 aliphatic carbocycles. The lowest BCUT2D eigenvalue weighted by atomic mass is 10.1. The summed E-state index contributed by atoms with van der Waals surface area (Å²) in [7, 11) is 1.75. The number of hydrogen-bond acceptors (Lipinski definition) is 3. The largest absolute Gasteiger partial charge is 0.383 e. The first-order chi connectivity index (χ1) is 10.6. The zero-order valence-corrected chi connectivity index (χ0v) is 13.8. The van der Waals surface area contributed by atoms with E-state index in [-0.39, 0.29) is 5.91 Å². The molecule has 3 rings (SSSR count). The van der Waals surface area contributed by atoms with Crippen LogP contribution in [0.1, 0.15) is 27.9 Å². The number of carbonyl (C=O) groups is 1. The van der Waals surface area contributed by atoms with Gasteiger partial charge in [-0.05, 0) is 44.9 Å². The Bertz CT molecular complexity index is 538. The zero-order valence-electron chi connectivity index (χ0n) is 13.8. The number of rotatable bonds is 4. The molecule has 120 valence electrons. The van der Waals surface area contributed by atoms with Crippen molar-refractivity contribution in [2.24, 2.45) is 5.92 Å². The molecule has 4 nitrogen and oxygen atoms in total. The summed E-state index contributed by atoms with van der Waals surface area (Å²) in [5.74, 6) is 0.819. The van der Waals surface area contributed by atoms with Crippen molar-refractivity contribution in [3.63, 3.8) is 0 Å². The molecule has 2 aliphatic rings. The highest BCUT2D eigenvalue weighted by molar-refractivity contribution is 5.94. The first-order valence-corrected chi connectivity index (χ1v) is 8.19. The van der Waals surface area contributed by atoms with Gasteiger partial charge >= 0.3 is 0 Å². The topological polar surface area (TPSA) is 32.8 Å². The maximum absolute atomic E-state index is 12.8. The molecular formula is C18H26N2O2. The van der Waals surface area contributed by atoms with Gasteiger partial charge in [-0.25, -0.2) is 0 Å². The molecule has 22 heavy (non-hydrogen) atoms. The summed E-state index contributed by atoms with van der Waals surface area (Å²) in [5.41, 5.74) is 3.15. The van der Waals surface area contributed by atoms with Gasteiger partial charge < -0.3 is 9.64 Å². The van der Waals surface area contributed by atoms with E-state index in [1.54, 1.807) is 7.11 Å². The average molecular weight is 302 g/mol. The number of likely N-dealkylation sites (tertiary alicyclic amines) is 2. The van der Waals surface area contributed by atoms with Crippen LogP contribution in [0.25, 0.3) is 0 Å². The molecule has 4 heteroatoms. The third kappa shape index (κ3) is 3.03. The van der Waals surface area contributed by atoms with Gasteiger partial charge in [-0.2, -0.15) is 0 Å². The quantitative estimate of drug-likeness (QED) is 0.854. The molecule has 0 N–H and O–H groups in total. The first kappa shape index (κ1) is 15.5. The Morgan fingerprint density at radius 3 is 2.64 bits per heavy atom. The highest BCUT2D eigenvalue weighted by Crippen LogP contribution is 2.32. The number of amides is 1. The fourth-order valence-corrected chi connectivity index (χ4v) is 3.98. The van der Waals surface area contributed by atoms with Crippen molar-refractivity contribution >= 4 is 5.91 Å². The predicted octanol–water partition coefficient (Wildman–Crippen LogP) is 2.10. The van der Waals surface area contributed by atoms with Crippen LogP contribution in [0.3, 0.4) is 0 Å². The summed E-state index contributed by atoms with van der Waals surface area (Å²) >= 11 is 0. The van der Waals surface area contributed by atoms with Crippen LogP contribution in [0.5, 0.6) is 0 Å². The lowest BCUT2D eigenvalue weighted by Gasteiger charge is -2.24. The number of fused-ring (bicyclic) bond motifs is 1. The van der Waals surface area contributed by atoms with Crippen LogP contribution in [-0.4, -0.2) is 61.6 Å². The summed E-state index contributed by atoms with van der Waals surface area (Å²) < 4.78 is 5.20. The Kier molecular flexibility index (Phi) is 4.50. The molecule has 2 heterocycles. The van der Waals surface area contributed by atoms with E-state index in [2.05, 4.69) is 24.8 Å². The molecule has 2 fully saturated rings. The van der Waals surface area contributed by atoms with Crippen LogP contribution >= 0.6 is 0 Å². The maximum Gasteiger partial charge on any atom is 0.253 e. The normalized spacial score (nSPS) is 24.8. The van der Waals surface area contributed by atoms with Crippen molar-refractivity contribution in [1.82, 2.24) is 9.80 Å². The standard InChI is InChI=1S/C18H26N2O2/c1-13-8-14(2)10-16(9-13)18(21)20-11-15-4-5-19(6-7-22-3)17(15)12-20/h8-10,15,17H,4-7,11-12H2,1-3H3/t15-,17+/m1/s1. The fourth-order valence-electron chi connectivity index (χ4n) is 3.98. The van der Waals surface area contributed by atoms with Gasteiger partial charge in [-0.15, -0.1) is 0 Å². The van der Waals surface area contributed by atoms with Crippen molar-refractivity contribution in [3.8, 4) is 0 Å². The fraction of sp³-hybridized carbons (Fsp3) is 0.611. The third-order valence-corrected chi connectivity index (χ3v) is 5.00. The maximum atomic E-state index is 12.8. The van der Waals surface area contributed by atoms with E-state index in [1.165, 1.54) is 6.42 Å². The van der Waals surface area contributed by atoms with Crippen LogP contribution in [-0.2, 0) is 4.74 Å². The van der Waals surface area contributed by atoms with Gasteiger partial charge in [0.2, 0.25) is 0 Å². The van der Waals surface area contributed by atoms with Gasteiger partial charge in [0.05, 0.1) is 6.61 Å². The summed E-state index contributed by atoms with van der Waals surface area (Å²) in [5, 5.41) is 0. The molecule has 0 radical (unpaired) electrons. The Morgan fingerprint density at radius 2 is 1.95 bits per heavy atom. The minimum absolute atomic E-state index is 0.188. The number of methoxy groups -OCH3 is 1. The smallest absolute Gasteiger partial charge is 0.253 e. The number of ether oxygens (including phenoxy) is 1. The second-order valence-corrected chi connectivity index (χ2v) is 6.73. The van der Waals surface area contributed by atoms with E-state index in [9.17, 15) is 4.79 Å². The monoisotopic (exact) mass is 302 g/mol. The number of hydrogen-bond donors (Lipinski definition) is 0. The van der Waals surface area contributed by atoms with Gasteiger partial charge in [-0.1, -0.05) is 17.2 Å². The molecule has 0 bridgehead atoms. The highest BCUT2D eigenvalue weighted by atomic mass is 16.5. The summed E-state index contributed by atoms with van der Waals surface area (Å²) in [6.07, 6.45) is 1.20. The highest BCUT2D eigenvalue weighted by Gasteiger charge is 2.42. The first-order valence-electron chi connectivity index (χ1n) is 8.19. The molecule has 1 aromatic rings. The second-order valence-electron chi connectivity index (χ2n) is 6.73. The molecule has 0 saturated carbocycles.